The highest BCUT2D eigenvalue weighted by atomic mass is 32.2. The van der Waals surface area contributed by atoms with Crippen LogP contribution in [0.3, 0.4) is 0 Å². The summed E-state index contributed by atoms with van der Waals surface area (Å²) in [6, 6.07) is 6.13. The zero-order valence-corrected chi connectivity index (χ0v) is 13.7. The minimum atomic E-state index is -0.901. The average Bonchev–Trinajstić information content (AvgIpc) is 2.52. The molecule has 0 radical (unpaired) electrons. The first-order chi connectivity index (χ1) is 10.9. The SMILES string of the molecule is CC[C@@H](C)n1c(SCC(=O)NC(N)=O)nc2ccccc2c1=O. The number of carbonyl (C=O) groups excluding carboxylic acids is 2. The summed E-state index contributed by atoms with van der Waals surface area (Å²) in [5, 5.41) is 2.98. The van der Waals surface area contributed by atoms with Crippen LogP contribution in [0, 0.1) is 0 Å². The van der Waals surface area contributed by atoms with Gasteiger partial charge in [0, 0.05) is 6.04 Å². The van der Waals surface area contributed by atoms with E-state index >= 15 is 0 Å². The molecule has 0 bridgehead atoms. The van der Waals surface area contributed by atoms with Gasteiger partial charge in [-0.1, -0.05) is 30.8 Å². The van der Waals surface area contributed by atoms with Gasteiger partial charge in [-0.2, -0.15) is 0 Å². The highest BCUT2D eigenvalue weighted by Gasteiger charge is 2.16. The van der Waals surface area contributed by atoms with Gasteiger partial charge in [0.05, 0.1) is 16.7 Å². The fourth-order valence-corrected chi connectivity index (χ4v) is 3.00. The molecule has 23 heavy (non-hydrogen) atoms. The van der Waals surface area contributed by atoms with Crippen molar-refractivity contribution in [2.45, 2.75) is 31.5 Å². The normalized spacial score (nSPS) is 12.1. The predicted molar refractivity (Wildman–Crippen MR) is 89.5 cm³/mol. The largest absolute Gasteiger partial charge is 0.351 e. The Balaban J connectivity index is 2.42. The van der Waals surface area contributed by atoms with E-state index in [2.05, 4.69) is 4.98 Å². The molecule has 2 aromatic rings. The fraction of sp³-hybridized carbons (Fsp3) is 0.333. The molecule has 0 aliphatic carbocycles. The number of imide groups is 1. The molecule has 1 heterocycles. The van der Waals surface area contributed by atoms with Crippen molar-refractivity contribution < 1.29 is 9.59 Å². The van der Waals surface area contributed by atoms with Gasteiger partial charge in [-0.05, 0) is 25.5 Å². The van der Waals surface area contributed by atoms with Gasteiger partial charge in [0.15, 0.2) is 5.16 Å². The standard InChI is InChI=1S/C15H18N4O3S/c1-3-9(2)19-13(21)10-6-4-5-7-11(10)17-15(19)23-8-12(20)18-14(16)22/h4-7,9H,3,8H2,1-2H3,(H3,16,18,20,22)/t9-/m1/s1. The van der Waals surface area contributed by atoms with E-state index in [9.17, 15) is 14.4 Å². The molecule has 122 valence electrons. The van der Waals surface area contributed by atoms with Crippen molar-refractivity contribution in [3.8, 4) is 0 Å². The predicted octanol–water partition coefficient (Wildman–Crippen LogP) is 1.65. The molecular formula is C15H18N4O3S. The van der Waals surface area contributed by atoms with Crippen LogP contribution in [0.4, 0.5) is 4.79 Å². The first-order valence-corrected chi connectivity index (χ1v) is 8.16. The number of nitrogens with one attached hydrogen (secondary N) is 1. The molecule has 0 fully saturated rings. The van der Waals surface area contributed by atoms with Crippen molar-refractivity contribution in [3.05, 3.63) is 34.6 Å². The maximum absolute atomic E-state index is 12.7. The number of aromatic nitrogens is 2. The third kappa shape index (κ3) is 3.89. The Morgan fingerprint density at radius 2 is 2.09 bits per heavy atom. The van der Waals surface area contributed by atoms with Gasteiger partial charge in [-0.3, -0.25) is 19.5 Å². The second-order valence-corrected chi connectivity index (χ2v) is 5.99. The number of carbonyl (C=O) groups is 2. The molecule has 1 aromatic heterocycles. The van der Waals surface area contributed by atoms with Crippen molar-refractivity contribution in [1.29, 1.82) is 0 Å². The molecule has 8 heteroatoms. The number of benzene rings is 1. The Morgan fingerprint density at radius 3 is 2.74 bits per heavy atom. The number of primary amides is 1. The van der Waals surface area contributed by atoms with E-state index in [0.717, 1.165) is 18.2 Å². The summed E-state index contributed by atoms with van der Waals surface area (Å²) in [6.07, 6.45) is 0.751. The molecule has 7 nitrogen and oxygen atoms in total. The molecule has 0 aliphatic heterocycles. The average molecular weight is 334 g/mol. The number of nitrogens with two attached hydrogens (primary N) is 1. The maximum atomic E-state index is 12.7. The molecule has 0 saturated heterocycles. The molecule has 0 unspecified atom stereocenters. The van der Waals surface area contributed by atoms with Crippen LogP contribution >= 0.6 is 11.8 Å². The number of amides is 3. The van der Waals surface area contributed by atoms with Crippen LogP contribution in [-0.4, -0.2) is 27.2 Å². The van der Waals surface area contributed by atoms with Gasteiger partial charge in [0.2, 0.25) is 5.91 Å². The minimum absolute atomic E-state index is 0.0514. The number of para-hydroxylation sites is 1. The molecule has 3 N–H and O–H groups in total. The van der Waals surface area contributed by atoms with Gasteiger partial charge in [-0.25, -0.2) is 9.78 Å². The third-order valence-corrected chi connectivity index (χ3v) is 4.35. The van der Waals surface area contributed by atoms with Crippen LogP contribution in [0.15, 0.2) is 34.2 Å². The molecule has 1 aromatic carbocycles. The molecule has 0 aliphatic rings. The molecule has 2 rings (SSSR count). The smallest absolute Gasteiger partial charge is 0.318 e. The molecule has 0 spiro atoms. The van der Waals surface area contributed by atoms with Crippen LogP contribution < -0.4 is 16.6 Å². The van der Waals surface area contributed by atoms with Crippen LogP contribution in [-0.2, 0) is 4.79 Å². The number of hydrogen-bond donors (Lipinski definition) is 2. The summed E-state index contributed by atoms with van der Waals surface area (Å²) in [7, 11) is 0. The van der Waals surface area contributed by atoms with E-state index in [1.54, 1.807) is 28.8 Å². The molecule has 0 saturated carbocycles. The van der Waals surface area contributed by atoms with Crippen LogP contribution in [0.2, 0.25) is 0 Å². The minimum Gasteiger partial charge on any atom is -0.351 e. The van der Waals surface area contributed by atoms with Crippen molar-refractivity contribution in [3.63, 3.8) is 0 Å². The first-order valence-electron chi connectivity index (χ1n) is 7.17. The Labute approximate surface area is 137 Å². The monoisotopic (exact) mass is 334 g/mol. The number of rotatable bonds is 5. The van der Waals surface area contributed by atoms with Crippen molar-refractivity contribution in [2.75, 3.05) is 5.75 Å². The van der Waals surface area contributed by atoms with Crippen LogP contribution in [0.1, 0.15) is 26.3 Å². The van der Waals surface area contributed by atoms with Crippen molar-refractivity contribution >= 4 is 34.6 Å². The van der Waals surface area contributed by atoms with Gasteiger partial charge in [0.1, 0.15) is 0 Å². The maximum Gasteiger partial charge on any atom is 0.318 e. The fourth-order valence-electron chi connectivity index (χ4n) is 2.10. The summed E-state index contributed by atoms with van der Waals surface area (Å²) in [4.78, 5) is 39.5. The summed E-state index contributed by atoms with van der Waals surface area (Å²) < 4.78 is 1.59. The van der Waals surface area contributed by atoms with E-state index in [-0.39, 0.29) is 17.4 Å². The van der Waals surface area contributed by atoms with Gasteiger partial charge in [-0.15, -0.1) is 0 Å². The lowest BCUT2D eigenvalue weighted by atomic mass is 10.2. The molecular weight excluding hydrogens is 316 g/mol. The van der Waals surface area contributed by atoms with Gasteiger partial charge >= 0.3 is 6.03 Å². The van der Waals surface area contributed by atoms with E-state index in [1.807, 2.05) is 19.2 Å². The van der Waals surface area contributed by atoms with Crippen molar-refractivity contribution in [2.24, 2.45) is 5.73 Å². The lowest BCUT2D eigenvalue weighted by Gasteiger charge is -2.18. The molecule has 3 amide bonds. The zero-order chi connectivity index (χ0) is 17.0. The van der Waals surface area contributed by atoms with Gasteiger partial charge in [0.25, 0.3) is 5.56 Å². The lowest BCUT2D eigenvalue weighted by Crippen LogP contribution is -2.36. The summed E-state index contributed by atoms with van der Waals surface area (Å²) in [5.74, 6) is -0.579. The van der Waals surface area contributed by atoms with E-state index in [1.165, 1.54) is 0 Å². The number of nitrogens with zero attached hydrogens (tertiary/aromatic N) is 2. The van der Waals surface area contributed by atoms with E-state index in [0.29, 0.717) is 16.1 Å². The highest BCUT2D eigenvalue weighted by Crippen LogP contribution is 2.22. The van der Waals surface area contributed by atoms with E-state index < -0.39 is 11.9 Å². The molecule has 1 atom stereocenters. The van der Waals surface area contributed by atoms with E-state index in [4.69, 9.17) is 5.73 Å². The number of thioether (sulfide) groups is 1. The number of urea groups is 1. The first kappa shape index (κ1) is 17.0. The van der Waals surface area contributed by atoms with Crippen molar-refractivity contribution in [1.82, 2.24) is 14.9 Å². The Morgan fingerprint density at radius 1 is 1.39 bits per heavy atom. The summed E-state index contributed by atoms with van der Waals surface area (Å²) in [5.41, 5.74) is 5.35. The number of hydrogen-bond acceptors (Lipinski definition) is 5. The summed E-state index contributed by atoms with van der Waals surface area (Å²) >= 11 is 1.10. The Hall–Kier alpha value is -2.35. The lowest BCUT2D eigenvalue weighted by molar-refractivity contribution is -0.117. The third-order valence-electron chi connectivity index (χ3n) is 3.40. The quantitative estimate of drug-likeness (QED) is 0.639. The topological polar surface area (TPSA) is 107 Å². The Kier molecular flexibility index (Phi) is 5.38. The second kappa shape index (κ2) is 7.28. The Bertz CT molecular complexity index is 803. The summed E-state index contributed by atoms with van der Waals surface area (Å²) in [6.45, 7) is 3.89. The highest BCUT2D eigenvalue weighted by molar-refractivity contribution is 7.99. The zero-order valence-electron chi connectivity index (χ0n) is 12.9. The van der Waals surface area contributed by atoms with Gasteiger partial charge < -0.3 is 5.73 Å². The second-order valence-electron chi connectivity index (χ2n) is 5.05. The van der Waals surface area contributed by atoms with Crippen LogP contribution in [0.25, 0.3) is 10.9 Å². The number of fused-ring (bicyclic) bond motifs is 1. The van der Waals surface area contributed by atoms with Crippen LogP contribution in [0.5, 0.6) is 0 Å².